The van der Waals surface area contributed by atoms with Crippen molar-refractivity contribution in [2.24, 2.45) is 4.99 Å². The van der Waals surface area contributed by atoms with E-state index in [1.165, 1.54) is 4.88 Å². The van der Waals surface area contributed by atoms with Crippen molar-refractivity contribution < 1.29 is 4.74 Å². The van der Waals surface area contributed by atoms with E-state index in [4.69, 9.17) is 4.74 Å². The lowest BCUT2D eigenvalue weighted by Gasteiger charge is -2.36. The first-order valence-electron chi connectivity index (χ1n) is 8.29. The predicted molar refractivity (Wildman–Crippen MR) is 123 cm³/mol. The highest BCUT2D eigenvalue weighted by molar-refractivity contribution is 14.0. The Kier molecular flexibility index (Phi) is 8.48. The van der Waals surface area contributed by atoms with Gasteiger partial charge < -0.3 is 19.9 Å². The minimum absolute atomic E-state index is 0. The van der Waals surface area contributed by atoms with E-state index < -0.39 is 0 Å². The molecule has 0 aliphatic carbocycles. The summed E-state index contributed by atoms with van der Waals surface area (Å²) in [5.74, 6) is 2.13. The van der Waals surface area contributed by atoms with Gasteiger partial charge in [-0.2, -0.15) is 4.98 Å². The van der Waals surface area contributed by atoms with Crippen molar-refractivity contribution in [3.63, 3.8) is 0 Å². The minimum Gasteiger partial charge on any atom is -0.480 e. The summed E-state index contributed by atoms with van der Waals surface area (Å²) in [6, 6.07) is 0. The number of thiazole rings is 1. The molecule has 0 atom stereocenters. The second kappa shape index (κ2) is 10.4. The van der Waals surface area contributed by atoms with Gasteiger partial charge in [0.2, 0.25) is 11.8 Å². The lowest BCUT2D eigenvalue weighted by atomic mass is 10.3. The summed E-state index contributed by atoms with van der Waals surface area (Å²) in [6.07, 6.45) is 3.62. The molecular formula is C16H23BrIN7OS. The molecule has 0 saturated carbocycles. The third kappa shape index (κ3) is 5.64. The largest absolute Gasteiger partial charge is 0.480 e. The highest BCUT2D eigenvalue weighted by Crippen LogP contribution is 2.23. The molecule has 1 aliphatic heterocycles. The van der Waals surface area contributed by atoms with Crippen LogP contribution in [0.4, 0.5) is 5.95 Å². The van der Waals surface area contributed by atoms with Crippen LogP contribution >= 0.6 is 51.2 Å². The highest BCUT2D eigenvalue weighted by atomic mass is 127. The van der Waals surface area contributed by atoms with Crippen LogP contribution in [0.1, 0.15) is 9.88 Å². The van der Waals surface area contributed by atoms with E-state index in [9.17, 15) is 0 Å². The first-order valence-corrected chi connectivity index (χ1v) is 9.90. The quantitative estimate of drug-likeness (QED) is 0.345. The molecule has 148 valence electrons. The summed E-state index contributed by atoms with van der Waals surface area (Å²) in [6.45, 7) is 6.09. The number of aryl methyl sites for hydroxylation is 1. The Labute approximate surface area is 188 Å². The zero-order valence-corrected chi connectivity index (χ0v) is 20.2. The Hall–Kier alpha value is -1.21. The third-order valence-electron chi connectivity index (χ3n) is 4.03. The van der Waals surface area contributed by atoms with Crippen molar-refractivity contribution in [1.82, 2.24) is 25.2 Å². The molecule has 1 saturated heterocycles. The molecule has 0 radical (unpaired) electrons. The van der Waals surface area contributed by atoms with E-state index in [1.54, 1.807) is 24.6 Å². The lowest BCUT2D eigenvalue weighted by molar-refractivity contribution is 0.366. The first kappa shape index (κ1) is 22.1. The van der Waals surface area contributed by atoms with Crippen LogP contribution in [-0.4, -0.2) is 66.1 Å². The number of hydrogen-bond donors (Lipinski definition) is 1. The summed E-state index contributed by atoms with van der Waals surface area (Å²) < 4.78 is 6.01. The molecule has 0 amide bonds. The fraction of sp³-hybridized carbons (Fsp3) is 0.500. The molecule has 0 bridgehead atoms. The number of ether oxygens (including phenoxy) is 1. The molecule has 0 spiro atoms. The Morgan fingerprint density at radius 1 is 1.30 bits per heavy atom. The van der Waals surface area contributed by atoms with Gasteiger partial charge in [0.05, 0.1) is 24.3 Å². The Bertz CT molecular complexity index is 780. The van der Waals surface area contributed by atoms with Crippen molar-refractivity contribution >= 4 is 63.2 Å². The number of nitrogens with one attached hydrogen (secondary N) is 1. The van der Waals surface area contributed by atoms with Gasteiger partial charge in [0, 0.05) is 44.3 Å². The van der Waals surface area contributed by atoms with Gasteiger partial charge in [0.1, 0.15) is 5.01 Å². The van der Waals surface area contributed by atoms with E-state index in [0.717, 1.165) is 41.6 Å². The number of aromatic nitrogens is 3. The van der Waals surface area contributed by atoms with Crippen molar-refractivity contribution in [1.29, 1.82) is 0 Å². The maximum Gasteiger partial charge on any atom is 0.232 e. The van der Waals surface area contributed by atoms with Gasteiger partial charge in [0.25, 0.3) is 0 Å². The van der Waals surface area contributed by atoms with Crippen molar-refractivity contribution in [2.75, 3.05) is 45.2 Å². The van der Waals surface area contributed by atoms with Gasteiger partial charge >= 0.3 is 0 Å². The molecule has 2 aromatic heterocycles. The second-order valence-corrected chi connectivity index (χ2v) is 7.94. The highest BCUT2D eigenvalue weighted by Gasteiger charge is 2.22. The Morgan fingerprint density at radius 3 is 2.63 bits per heavy atom. The van der Waals surface area contributed by atoms with Crippen molar-refractivity contribution in [3.05, 3.63) is 26.8 Å². The standard InChI is InChI=1S/C16H22BrN7OS.HI/c1-11-8-19-13(26-11)10-21-15(18-2)23-4-6-24(7-5-23)16-20-9-12(17)14(22-16)25-3;/h8-9H,4-7,10H2,1-3H3,(H,18,21);1H. The molecule has 2 aromatic rings. The second-order valence-electron chi connectivity index (χ2n) is 5.77. The zero-order valence-electron chi connectivity index (χ0n) is 15.5. The van der Waals surface area contributed by atoms with E-state index in [0.29, 0.717) is 18.4 Å². The van der Waals surface area contributed by atoms with E-state index in [1.807, 2.05) is 13.2 Å². The van der Waals surface area contributed by atoms with Crippen LogP contribution in [0, 0.1) is 6.92 Å². The van der Waals surface area contributed by atoms with Crippen LogP contribution in [0.15, 0.2) is 21.9 Å². The zero-order chi connectivity index (χ0) is 18.5. The normalized spacial score (nSPS) is 14.7. The molecule has 8 nitrogen and oxygen atoms in total. The summed E-state index contributed by atoms with van der Waals surface area (Å²) in [5.41, 5.74) is 0. The molecule has 3 rings (SSSR count). The van der Waals surface area contributed by atoms with Gasteiger partial charge in [-0.25, -0.2) is 9.97 Å². The van der Waals surface area contributed by atoms with E-state index in [-0.39, 0.29) is 24.0 Å². The molecule has 1 aliphatic rings. The summed E-state index contributed by atoms with van der Waals surface area (Å²) in [4.78, 5) is 23.3. The van der Waals surface area contributed by atoms with Gasteiger partial charge in [-0.15, -0.1) is 35.3 Å². The molecule has 27 heavy (non-hydrogen) atoms. The number of methoxy groups -OCH3 is 1. The van der Waals surface area contributed by atoms with Crippen LogP contribution in [0.25, 0.3) is 0 Å². The van der Waals surface area contributed by atoms with Crippen LogP contribution < -0.4 is 15.0 Å². The smallest absolute Gasteiger partial charge is 0.232 e. The predicted octanol–water partition coefficient (Wildman–Crippen LogP) is 2.53. The number of anilines is 1. The maximum absolute atomic E-state index is 5.26. The van der Waals surface area contributed by atoms with Gasteiger partial charge in [-0.1, -0.05) is 0 Å². The van der Waals surface area contributed by atoms with Crippen LogP contribution in [0.3, 0.4) is 0 Å². The molecule has 0 aromatic carbocycles. The van der Waals surface area contributed by atoms with Crippen LogP contribution in [0.5, 0.6) is 5.88 Å². The van der Waals surface area contributed by atoms with Crippen molar-refractivity contribution in [3.8, 4) is 5.88 Å². The average molecular weight is 568 g/mol. The molecule has 1 fully saturated rings. The summed E-state index contributed by atoms with van der Waals surface area (Å²) >= 11 is 5.09. The van der Waals surface area contributed by atoms with Gasteiger partial charge in [-0.05, 0) is 22.9 Å². The van der Waals surface area contributed by atoms with Gasteiger partial charge in [-0.3, -0.25) is 4.99 Å². The number of halogens is 2. The summed E-state index contributed by atoms with van der Waals surface area (Å²) in [5, 5.41) is 4.46. The fourth-order valence-electron chi connectivity index (χ4n) is 2.73. The molecular weight excluding hydrogens is 545 g/mol. The average Bonchev–Trinajstić information content (AvgIpc) is 3.08. The molecule has 0 unspecified atom stereocenters. The number of rotatable bonds is 4. The van der Waals surface area contributed by atoms with Crippen LogP contribution in [-0.2, 0) is 6.54 Å². The first-order chi connectivity index (χ1) is 12.6. The number of guanidine groups is 1. The van der Waals surface area contributed by atoms with E-state index >= 15 is 0 Å². The Morgan fingerprint density at radius 2 is 2.04 bits per heavy atom. The fourth-order valence-corrected chi connectivity index (χ4v) is 3.81. The maximum atomic E-state index is 5.26. The molecule has 1 N–H and O–H groups in total. The van der Waals surface area contributed by atoms with E-state index in [2.05, 4.69) is 57.9 Å². The summed E-state index contributed by atoms with van der Waals surface area (Å²) in [7, 11) is 3.42. The topological polar surface area (TPSA) is 78.8 Å². The van der Waals surface area contributed by atoms with Gasteiger partial charge in [0.15, 0.2) is 5.96 Å². The SMILES string of the molecule is CN=C(NCc1ncc(C)s1)N1CCN(c2ncc(Br)c(OC)n2)CC1.I. The number of hydrogen-bond acceptors (Lipinski definition) is 7. The van der Waals surface area contributed by atoms with Crippen LogP contribution in [0.2, 0.25) is 0 Å². The number of piperazine rings is 1. The monoisotopic (exact) mass is 567 g/mol. The number of aliphatic imine (C=N–C) groups is 1. The lowest BCUT2D eigenvalue weighted by Crippen LogP contribution is -2.52. The minimum atomic E-state index is 0. The third-order valence-corrected chi connectivity index (χ3v) is 5.49. The molecule has 11 heteroatoms. The number of nitrogens with zero attached hydrogens (tertiary/aromatic N) is 6. The Balaban J connectivity index is 0.00000261. The molecule has 3 heterocycles. The van der Waals surface area contributed by atoms with Crippen molar-refractivity contribution in [2.45, 2.75) is 13.5 Å².